The molecule has 0 aromatic heterocycles. The predicted molar refractivity (Wildman–Crippen MR) is 124 cm³/mol. The van der Waals surface area contributed by atoms with E-state index in [0.717, 1.165) is 0 Å². The summed E-state index contributed by atoms with van der Waals surface area (Å²) in [6, 6.07) is 17.6. The van der Waals surface area contributed by atoms with E-state index in [2.05, 4.69) is 0 Å². The summed E-state index contributed by atoms with van der Waals surface area (Å²) in [5, 5.41) is 11.9. The molecule has 2 rings (SSSR count). The lowest BCUT2D eigenvalue weighted by Gasteiger charge is -2.34. The molecule has 0 spiro atoms. The molecule has 0 heterocycles. The summed E-state index contributed by atoms with van der Waals surface area (Å²) in [6.07, 6.45) is 0.383. The van der Waals surface area contributed by atoms with Gasteiger partial charge in [0.1, 0.15) is 11.7 Å². The van der Waals surface area contributed by atoms with E-state index >= 15 is 0 Å². The van der Waals surface area contributed by atoms with Crippen LogP contribution in [0.3, 0.4) is 0 Å². The molecule has 0 radical (unpaired) electrons. The molecule has 0 unspecified atom stereocenters. The fourth-order valence-electron chi connectivity index (χ4n) is 3.28. The zero-order valence-corrected chi connectivity index (χ0v) is 20.3. The summed E-state index contributed by atoms with van der Waals surface area (Å²) in [5.74, 6) is -2.36. The van der Waals surface area contributed by atoms with Crippen molar-refractivity contribution in [2.24, 2.45) is 11.8 Å². The summed E-state index contributed by atoms with van der Waals surface area (Å²) in [6.45, 7) is 9.57. The van der Waals surface area contributed by atoms with Gasteiger partial charge in [0.2, 0.25) is 0 Å². The normalized spacial score (nSPS) is 18.0. The average Bonchev–Trinajstić information content (AvgIpc) is 2.73. The SMILES string of the molecule is CCO[P@](=O)(c1ccccc1)[C@H](CC(C)C)O[P@@](=O)(c1ccccc1)[C@@H](O)C(C)C. The summed E-state index contributed by atoms with van der Waals surface area (Å²) in [5.41, 5.74) is 0. The smallest absolute Gasteiger partial charge is 0.260 e. The van der Waals surface area contributed by atoms with Gasteiger partial charge in [0.25, 0.3) is 14.7 Å². The van der Waals surface area contributed by atoms with E-state index < -0.39 is 26.4 Å². The fourth-order valence-corrected chi connectivity index (χ4v) is 8.89. The lowest BCUT2D eigenvalue weighted by molar-refractivity contribution is 0.153. The van der Waals surface area contributed by atoms with E-state index in [0.29, 0.717) is 17.0 Å². The molecule has 4 atom stereocenters. The van der Waals surface area contributed by atoms with Gasteiger partial charge in [-0.15, -0.1) is 0 Å². The zero-order valence-electron chi connectivity index (χ0n) is 18.5. The van der Waals surface area contributed by atoms with Gasteiger partial charge in [0.15, 0.2) is 0 Å². The molecule has 30 heavy (non-hydrogen) atoms. The standard InChI is InChI=1S/C23H34O5P2/c1-6-27-29(25,20-13-9-7-10-14-20)22(17-18(2)3)28-30(26,23(24)19(4)5)21-15-11-8-12-16-21/h7-16,18-19,22-24H,6,17H2,1-5H3/t22-,23-,29-,30+/m1/s1. The van der Waals surface area contributed by atoms with Gasteiger partial charge in [0, 0.05) is 10.6 Å². The highest BCUT2D eigenvalue weighted by Gasteiger charge is 2.46. The Morgan fingerprint density at radius 2 is 1.30 bits per heavy atom. The Labute approximate surface area is 180 Å². The van der Waals surface area contributed by atoms with Crippen LogP contribution < -0.4 is 10.6 Å². The van der Waals surface area contributed by atoms with Gasteiger partial charge in [-0.1, -0.05) is 64.1 Å². The van der Waals surface area contributed by atoms with E-state index in [9.17, 15) is 14.2 Å². The van der Waals surface area contributed by atoms with Gasteiger partial charge in [-0.25, -0.2) is 0 Å². The molecule has 7 heteroatoms. The minimum Gasteiger partial charge on any atom is -0.382 e. The quantitative estimate of drug-likeness (QED) is 0.450. The minimum atomic E-state index is -3.77. The Bertz CT molecular complexity index is 868. The Kier molecular flexibility index (Phi) is 9.09. The van der Waals surface area contributed by atoms with Crippen LogP contribution in [-0.4, -0.2) is 23.4 Å². The van der Waals surface area contributed by atoms with Crippen molar-refractivity contribution in [2.45, 2.75) is 52.7 Å². The van der Waals surface area contributed by atoms with Gasteiger partial charge in [-0.3, -0.25) is 9.13 Å². The number of rotatable bonds is 11. The van der Waals surface area contributed by atoms with Crippen molar-refractivity contribution in [1.82, 2.24) is 0 Å². The highest BCUT2D eigenvalue weighted by Crippen LogP contribution is 2.62. The first-order chi connectivity index (χ1) is 14.1. The lowest BCUT2D eigenvalue weighted by atomic mass is 10.1. The van der Waals surface area contributed by atoms with Crippen LogP contribution in [0.15, 0.2) is 60.7 Å². The number of aliphatic hydroxyl groups excluding tert-OH is 1. The molecule has 0 bridgehead atoms. The first kappa shape index (κ1) is 25.0. The number of hydrogen-bond donors (Lipinski definition) is 1. The van der Waals surface area contributed by atoms with Crippen molar-refractivity contribution in [3.05, 3.63) is 60.7 Å². The second kappa shape index (κ2) is 10.9. The molecular weight excluding hydrogens is 418 g/mol. The lowest BCUT2D eigenvalue weighted by Crippen LogP contribution is -2.30. The van der Waals surface area contributed by atoms with Crippen LogP contribution in [0.5, 0.6) is 0 Å². The first-order valence-corrected chi connectivity index (χ1v) is 13.9. The van der Waals surface area contributed by atoms with Crippen LogP contribution in [0.2, 0.25) is 0 Å². The van der Waals surface area contributed by atoms with Crippen LogP contribution in [0.25, 0.3) is 0 Å². The van der Waals surface area contributed by atoms with Crippen LogP contribution in [0.4, 0.5) is 0 Å². The van der Waals surface area contributed by atoms with Gasteiger partial charge in [0.05, 0.1) is 6.61 Å². The van der Waals surface area contributed by atoms with Crippen molar-refractivity contribution < 1.29 is 23.3 Å². The van der Waals surface area contributed by atoms with E-state index in [-0.39, 0.29) is 18.4 Å². The minimum absolute atomic E-state index is 0.118. The van der Waals surface area contributed by atoms with Crippen molar-refractivity contribution >= 4 is 25.3 Å². The first-order valence-electron chi connectivity index (χ1n) is 10.5. The average molecular weight is 452 g/mol. The monoisotopic (exact) mass is 452 g/mol. The second-order valence-corrected chi connectivity index (χ2v) is 13.1. The fraction of sp³-hybridized carbons (Fsp3) is 0.478. The molecule has 0 aliphatic rings. The maximum atomic E-state index is 14.2. The maximum absolute atomic E-state index is 14.2. The number of hydrogen-bond acceptors (Lipinski definition) is 5. The highest BCUT2D eigenvalue weighted by molar-refractivity contribution is 7.70. The molecule has 0 fully saturated rings. The van der Waals surface area contributed by atoms with Crippen molar-refractivity contribution in [2.75, 3.05) is 6.61 Å². The molecule has 0 amide bonds. The summed E-state index contributed by atoms with van der Waals surface area (Å²) < 4.78 is 40.5. The highest BCUT2D eigenvalue weighted by atomic mass is 31.2. The molecule has 0 saturated heterocycles. The van der Waals surface area contributed by atoms with E-state index in [4.69, 9.17) is 9.05 Å². The van der Waals surface area contributed by atoms with Gasteiger partial charge in [-0.05, 0) is 49.4 Å². The summed E-state index contributed by atoms with van der Waals surface area (Å²) >= 11 is 0. The predicted octanol–water partition coefficient (Wildman–Crippen LogP) is 5.59. The van der Waals surface area contributed by atoms with Crippen LogP contribution in [-0.2, 0) is 18.2 Å². The van der Waals surface area contributed by atoms with Crippen molar-refractivity contribution in [1.29, 1.82) is 0 Å². The van der Waals surface area contributed by atoms with E-state index in [1.54, 1.807) is 69.3 Å². The topological polar surface area (TPSA) is 72.8 Å². The third kappa shape index (κ3) is 5.72. The molecule has 5 nitrogen and oxygen atoms in total. The molecule has 2 aromatic rings. The van der Waals surface area contributed by atoms with Gasteiger partial charge >= 0.3 is 0 Å². The number of aliphatic hydroxyl groups is 1. The van der Waals surface area contributed by atoms with Crippen LogP contribution in [0, 0.1) is 11.8 Å². The zero-order chi connectivity index (χ0) is 22.4. The summed E-state index contributed by atoms with van der Waals surface area (Å²) in [4.78, 5) is 0. The van der Waals surface area contributed by atoms with Crippen LogP contribution >= 0.6 is 14.7 Å². The third-order valence-corrected chi connectivity index (χ3v) is 10.6. The molecule has 0 aliphatic carbocycles. The largest absolute Gasteiger partial charge is 0.382 e. The summed E-state index contributed by atoms with van der Waals surface area (Å²) in [7, 11) is -7.30. The van der Waals surface area contributed by atoms with Gasteiger partial charge < -0.3 is 14.2 Å². The Morgan fingerprint density at radius 1 is 0.833 bits per heavy atom. The molecule has 0 aliphatic heterocycles. The maximum Gasteiger partial charge on any atom is 0.260 e. The second-order valence-electron chi connectivity index (χ2n) is 8.13. The number of benzene rings is 2. The van der Waals surface area contributed by atoms with E-state index in [1.165, 1.54) is 0 Å². The van der Waals surface area contributed by atoms with Crippen molar-refractivity contribution in [3.63, 3.8) is 0 Å². The Balaban J connectivity index is 2.61. The molecule has 2 aromatic carbocycles. The molecule has 0 saturated carbocycles. The van der Waals surface area contributed by atoms with Crippen molar-refractivity contribution in [3.8, 4) is 0 Å². The molecule has 166 valence electrons. The van der Waals surface area contributed by atoms with Crippen LogP contribution in [0.1, 0.15) is 41.0 Å². The molecular formula is C23H34O5P2. The van der Waals surface area contributed by atoms with Gasteiger partial charge in [-0.2, -0.15) is 0 Å². The third-order valence-electron chi connectivity index (χ3n) is 4.83. The Morgan fingerprint density at radius 3 is 1.70 bits per heavy atom. The van der Waals surface area contributed by atoms with E-state index in [1.807, 2.05) is 26.0 Å². The Hall–Kier alpha value is -1.22. The molecule has 1 N–H and O–H groups in total.